The first kappa shape index (κ1) is 19.4. The molecule has 1 aliphatic rings. The normalized spacial score (nSPS) is 16.3. The van der Waals surface area contributed by atoms with Gasteiger partial charge in [-0.15, -0.1) is 0 Å². The van der Waals surface area contributed by atoms with Gasteiger partial charge in [0.1, 0.15) is 5.69 Å². The van der Waals surface area contributed by atoms with Gasteiger partial charge in [0.15, 0.2) is 5.78 Å². The number of H-pyrrole nitrogens is 1. The predicted molar refractivity (Wildman–Crippen MR) is 107 cm³/mol. The molecule has 0 saturated heterocycles. The number of esters is 1. The Bertz CT molecular complexity index is 817. The molecule has 4 heteroatoms. The van der Waals surface area contributed by atoms with Crippen LogP contribution in [0.1, 0.15) is 88.7 Å². The van der Waals surface area contributed by atoms with Crippen LogP contribution in [0.4, 0.5) is 0 Å². The molecule has 4 nitrogen and oxygen atoms in total. The lowest BCUT2D eigenvalue weighted by Gasteiger charge is -2.22. The van der Waals surface area contributed by atoms with E-state index in [9.17, 15) is 9.59 Å². The number of rotatable bonds is 7. The van der Waals surface area contributed by atoms with E-state index in [0.29, 0.717) is 24.3 Å². The number of unbranched alkanes of at least 4 members (excludes halogenated alkanes) is 2. The average Bonchev–Trinajstić information content (AvgIpc) is 3.02. The second-order valence-electron chi connectivity index (χ2n) is 7.45. The van der Waals surface area contributed by atoms with Crippen LogP contribution in [0.3, 0.4) is 0 Å². The molecule has 3 rings (SSSR count). The summed E-state index contributed by atoms with van der Waals surface area (Å²) in [5.74, 6) is -0.0865. The van der Waals surface area contributed by atoms with E-state index in [-0.39, 0.29) is 17.7 Å². The zero-order valence-electron chi connectivity index (χ0n) is 16.6. The highest BCUT2D eigenvalue weighted by Gasteiger charge is 2.32. The van der Waals surface area contributed by atoms with Crippen molar-refractivity contribution < 1.29 is 14.3 Å². The minimum absolute atomic E-state index is 0.111. The first-order chi connectivity index (χ1) is 13.0. The Kier molecular flexibility index (Phi) is 6.15. The van der Waals surface area contributed by atoms with Gasteiger partial charge in [-0.3, -0.25) is 4.79 Å². The standard InChI is InChI=1S/C23H29NO3/c1-4-6-7-12-27-23(26)22-15(3)21-19(24-22)13-18(14-20(21)25)17-10-8-16(5-2)9-11-17/h8-11,18,24H,4-7,12-14H2,1-3H3/t18-/m0/s1. The van der Waals surface area contributed by atoms with Crippen LogP contribution >= 0.6 is 0 Å². The lowest BCUT2D eigenvalue weighted by atomic mass is 9.81. The highest BCUT2D eigenvalue weighted by molar-refractivity contribution is 6.03. The van der Waals surface area contributed by atoms with Crippen LogP contribution in [-0.4, -0.2) is 23.3 Å². The molecule has 1 aromatic heterocycles. The third-order valence-electron chi connectivity index (χ3n) is 5.53. The maximum absolute atomic E-state index is 12.8. The number of hydrogen-bond acceptors (Lipinski definition) is 3. The van der Waals surface area contributed by atoms with Crippen LogP contribution in [0.2, 0.25) is 0 Å². The van der Waals surface area contributed by atoms with Gasteiger partial charge in [0.2, 0.25) is 0 Å². The Morgan fingerprint density at radius 3 is 2.56 bits per heavy atom. The Labute approximate surface area is 161 Å². The molecule has 1 aromatic carbocycles. The summed E-state index contributed by atoms with van der Waals surface area (Å²) >= 11 is 0. The Hall–Kier alpha value is -2.36. The van der Waals surface area contributed by atoms with Gasteiger partial charge in [-0.05, 0) is 48.8 Å². The van der Waals surface area contributed by atoms with Crippen LogP contribution in [0, 0.1) is 6.92 Å². The van der Waals surface area contributed by atoms with E-state index in [2.05, 4.69) is 43.1 Å². The summed E-state index contributed by atoms with van der Waals surface area (Å²) in [6.45, 7) is 6.52. The Morgan fingerprint density at radius 1 is 1.15 bits per heavy atom. The summed E-state index contributed by atoms with van der Waals surface area (Å²) in [6.07, 6.45) is 5.25. The van der Waals surface area contributed by atoms with Gasteiger partial charge in [0, 0.05) is 17.7 Å². The molecule has 0 aliphatic heterocycles. The third-order valence-corrected chi connectivity index (χ3v) is 5.53. The lowest BCUT2D eigenvalue weighted by molar-refractivity contribution is 0.0491. The molecule has 0 radical (unpaired) electrons. The van der Waals surface area contributed by atoms with Gasteiger partial charge in [-0.25, -0.2) is 4.79 Å². The highest BCUT2D eigenvalue weighted by atomic mass is 16.5. The first-order valence-electron chi connectivity index (χ1n) is 10.1. The number of ether oxygens (including phenoxy) is 1. The van der Waals surface area contributed by atoms with Gasteiger partial charge >= 0.3 is 5.97 Å². The maximum atomic E-state index is 12.8. The topological polar surface area (TPSA) is 59.2 Å². The van der Waals surface area contributed by atoms with Crippen molar-refractivity contribution in [1.29, 1.82) is 0 Å². The number of aryl methyl sites for hydroxylation is 1. The van der Waals surface area contributed by atoms with E-state index in [1.54, 1.807) is 0 Å². The number of aromatic amines is 1. The van der Waals surface area contributed by atoms with Gasteiger partial charge < -0.3 is 9.72 Å². The smallest absolute Gasteiger partial charge is 0.355 e. The minimum atomic E-state index is -0.352. The van der Waals surface area contributed by atoms with Gasteiger partial charge in [0.25, 0.3) is 0 Å². The van der Waals surface area contributed by atoms with Crippen LogP contribution in [0.5, 0.6) is 0 Å². The van der Waals surface area contributed by atoms with Gasteiger partial charge in [0.05, 0.1) is 6.61 Å². The second kappa shape index (κ2) is 8.55. The number of carbonyl (C=O) groups is 2. The van der Waals surface area contributed by atoms with Gasteiger partial charge in [-0.1, -0.05) is 51.0 Å². The Morgan fingerprint density at radius 2 is 1.89 bits per heavy atom. The largest absolute Gasteiger partial charge is 0.461 e. The molecule has 0 amide bonds. The zero-order valence-corrected chi connectivity index (χ0v) is 16.6. The van der Waals surface area contributed by atoms with E-state index in [1.165, 1.54) is 11.1 Å². The first-order valence-corrected chi connectivity index (χ1v) is 10.1. The average molecular weight is 367 g/mol. The predicted octanol–water partition coefficient (Wildman–Crippen LogP) is 5.15. The van der Waals surface area contributed by atoms with Crippen molar-refractivity contribution in [2.75, 3.05) is 6.61 Å². The minimum Gasteiger partial charge on any atom is -0.461 e. The summed E-state index contributed by atoms with van der Waals surface area (Å²) in [4.78, 5) is 28.4. The van der Waals surface area contributed by atoms with Crippen LogP contribution in [0.15, 0.2) is 24.3 Å². The molecular weight excluding hydrogens is 338 g/mol. The molecule has 27 heavy (non-hydrogen) atoms. The van der Waals surface area contributed by atoms with Crippen molar-refractivity contribution in [1.82, 2.24) is 4.98 Å². The fraction of sp³-hybridized carbons (Fsp3) is 0.478. The van der Waals surface area contributed by atoms with E-state index < -0.39 is 0 Å². The van der Waals surface area contributed by atoms with Crippen LogP contribution < -0.4 is 0 Å². The van der Waals surface area contributed by atoms with Crippen molar-refractivity contribution in [3.05, 3.63) is 57.9 Å². The molecule has 1 heterocycles. The molecular formula is C23H29NO3. The molecule has 0 unspecified atom stereocenters. The van der Waals surface area contributed by atoms with Crippen molar-refractivity contribution in [2.45, 2.75) is 65.2 Å². The van der Waals surface area contributed by atoms with E-state index >= 15 is 0 Å². The summed E-state index contributed by atoms with van der Waals surface area (Å²) in [5, 5.41) is 0. The summed E-state index contributed by atoms with van der Waals surface area (Å²) in [6, 6.07) is 8.52. The van der Waals surface area contributed by atoms with Crippen molar-refractivity contribution in [2.24, 2.45) is 0 Å². The van der Waals surface area contributed by atoms with Crippen molar-refractivity contribution in [3.8, 4) is 0 Å². The highest BCUT2D eigenvalue weighted by Crippen LogP contribution is 2.35. The second-order valence-corrected chi connectivity index (χ2v) is 7.45. The number of benzene rings is 1. The van der Waals surface area contributed by atoms with Gasteiger partial charge in [-0.2, -0.15) is 0 Å². The monoisotopic (exact) mass is 367 g/mol. The number of carbonyl (C=O) groups excluding carboxylic acids is 2. The molecule has 2 aromatic rings. The fourth-order valence-corrected chi connectivity index (χ4v) is 3.89. The number of hydrogen-bond donors (Lipinski definition) is 1. The third kappa shape index (κ3) is 4.15. The number of fused-ring (bicyclic) bond motifs is 1. The number of aromatic nitrogens is 1. The molecule has 144 valence electrons. The van der Waals surface area contributed by atoms with Crippen LogP contribution in [0.25, 0.3) is 0 Å². The number of ketones is 1. The lowest BCUT2D eigenvalue weighted by Crippen LogP contribution is -2.18. The van der Waals surface area contributed by atoms with E-state index in [0.717, 1.165) is 43.4 Å². The molecule has 1 aliphatic carbocycles. The molecule has 1 atom stereocenters. The summed E-state index contributed by atoms with van der Waals surface area (Å²) in [7, 11) is 0. The van der Waals surface area contributed by atoms with Crippen LogP contribution in [-0.2, 0) is 17.6 Å². The molecule has 0 saturated carbocycles. The van der Waals surface area contributed by atoms with E-state index in [4.69, 9.17) is 4.74 Å². The zero-order chi connectivity index (χ0) is 19.4. The fourth-order valence-electron chi connectivity index (χ4n) is 3.89. The number of Topliss-reactive ketones (excluding diaryl/α,β-unsaturated/α-hetero) is 1. The summed E-state index contributed by atoms with van der Waals surface area (Å²) < 4.78 is 5.38. The maximum Gasteiger partial charge on any atom is 0.355 e. The number of nitrogens with one attached hydrogen (secondary N) is 1. The molecule has 0 fully saturated rings. The molecule has 1 N–H and O–H groups in total. The Balaban J connectivity index is 1.77. The van der Waals surface area contributed by atoms with E-state index in [1.807, 2.05) is 6.92 Å². The van der Waals surface area contributed by atoms with Crippen molar-refractivity contribution >= 4 is 11.8 Å². The SMILES string of the molecule is CCCCCOC(=O)c1[nH]c2c(c1C)C(=O)C[C@@H](c1ccc(CC)cc1)C2. The van der Waals surface area contributed by atoms with Crippen molar-refractivity contribution in [3.63, 3.8) is 0 Å². The molecule has 0 spiro atoms. The summed E-state index contributed by atoms with van der Waals surface area (Å²) in [5.41, 5.74) is 5.21. The molecule has 0 bridgehead atoms. The quantitative estimate of drug-likeness (QED) is 0.544.